The van der Waals surface area contributed by atoms with E-state index >= 15 is 0 Å². The Balaban J connectivity index is 5.18. The number of rotatable bonds is 14. The van der Waals surface area contributed by atoms with Gasteiger partial charge in [-0.15, -0.1) is 0 Å². The summed E-state index contributed by atoms with van der Waals surface area (Å²) in [5.41, 5.74) is 10.8. The summed E-state index contributed by atoms with van der Waals surface area (Å²) in [6.45, 7) is 7.53. The molecule has 0 saturated heterocycles. The lowest BCUT2D eigenvalue weighted by Gasteiger charge is -2.28. The maximum atomic E-state index is 12.9. The van der Waals surface area contributed by atoms with Gasteiger partial charge in [0.2, 0.25) is 29.5 Å². The van der Waals surface area contributed by atoms with Gasteiger partial charge in [0, 0.05) is 6.42 Å². The third-order valence-corrected chi connectivity index (χ3v) is 4.70. The SMILES string of the molecule is CC(C)[C@H](NC(=O)[C@@H](NC(=O)[C@@H](N)CCC(N)=O)C(C)C)C(=O)N[C@@H](C)C(=O)NCC(=O)O. The number of primary amides is 1. The molecule has 188 valence electrons. The third kappa shape index (κ3) is 11.3. The highest BCUT2D eigenvalue weighted by Crippen LogP contribution is 2.08. The molecule has 0 saturated carbocycles. The minimum absolute atomic E-state index is 0.0203. The van der Waals surface area contributed by atoms with Gasteiger partial charge >= 0.3 is 5.97 Å². The van der Waals surface area contributed by atoms with Gasteiger partial charge in [-0.1, -0.05) is 27.7 Å². The van der Waals surface area contributed by atoms with Crippen LogP contribution in [0.3, 0.4) is 0 Å². The van der Waals surface area contributed by atoms with Gasteiger partial charge in [-0.25, -0.2) is 0 Å². The lowest BCUT2D eigenvalue weighted by molar-refractivity contribution is -0.138. The normalized spacial score (nSPS) is 14.5. The second-order valence-corrected chi connectivity index (χ2v) is 8.41. The lowest BCUT2D eigenvalue weighted by atomic mass is 9.99. The van der Waals surface area contributed by atoms with E-state index in [2.05, 4.69) is 21.3 Å². The van der Waals surface area contributed by atoms with Crippen LogP contribution < -0.4 is 32.7 Å². The zero-order valence-corrected chi connectivity index (χ0v) is 19.6. The molecule has 0 radical (unpaired) electrons. The van der Waals surface area contributed by atoms with Crippen molar-refractivity contribution in [1.82, 2.24) is 21.3 Å². The monoisotopic (exact) mass is 472 g/mol. The zero-order chi connectivity index (χ0) is 25.9. The minimum Gasteiger partial charge on any atom is -0.480 e. The van der Waals surface area contributed by atoms with Crippen LogP contribution in [0.4, 0.5) is 0 Å². The van der Waals surface area contributed by atoms with Crippen LogP contribution in [0, 0.1) is 11.8 Å². The molecule has 4 atom stereocenters. The van der Waals surface area contributed by atoms with Crippen LogP contribution in [0.25, 0.3) is 0 Å². The zero-order valence-electron chi connectivity index (χ0n) is 19.6. The fraction of sp³-hybridized carbons (Fsp3) is 0.700. The van der Waals surface area contributed by atoms with Crippen LogP contribution in [0.2, 0.25) is 0 Å². The summed E-state index contributed by atoms with van der Waals surface area (Å²) in [6, 6.07) is -4.13. The number of nitrogens with one attached hydrogen (secondary N) is 4. The first-order chi connectivity index (χ1) is 15.2. The number of carbonyl (C=O) groups excluding carboxylic acids is 5. The summed E-state index contributed by atoms with van der Waals surface area (Å²) in [5.74, 6) is -5.17. The number of carbonyl (C=O) groups is 6. The van der Waals surface area contributed by atoms with Crippen LogP contribution in [-0.4, -0.2) is 71.3 Å². The van der Waals surface area contributed by atoms with Crippen molar-refractivity contribution in [2.45, 2.75) is 71.6 Å². The third-order valence-electron chi connectivity index (χ3n) is 4.70. The van der Waals surface area contributed by atoms with E-state index in [0.717, 1.165) is 0 Å². The number of carboxylic acid groups (broad SMARTS) is 1. The Morgan fingerprint density at radius 1 is 0.758 bits per heavy atom. The van der Waals surface area contributed by atoms with Gasteiger partial charge in [-0.05, 0) is 25.2 Å². The van der Waals surface area contributed by atoms with Gasteiger partial charge in [0.25, 0.3) is 0 Å². The number of carboxylic acids is 1. The average molecular weight is 473 g/mol. The molecule has 0 aliphatic heterocycles. The molecule has 5 amide bonds. The number of hydrogen-bond acceptors (Lipinski definition) is 7. The molecule has 0 aliphatic carbocycles. The van der Waals surface area contributed by atoms with Crippen LogP contribution in [-0.2, 0) is 28.8 Å². The molecule has 13 nitrogen and oxygen atoms in total. The first kappa shape index (κ1) is 29.8. The molecule has 9 N–H and O–H groups in total. The quantitative estimate of drug-likeness (QED) is 0.143. The Kier molecular flexibility index (Phi) is 12.7. The maximum Gasteiger partial charge on any atom is 0.322 e. The highest BCUT2D eigenvalue weighted by atomic mass is 16.4. The number of hydrogen-bond donors (Lipinski definition) is 7. The molecule has 0 aromatic rings. The summed E-state index contributed by atoms with van der Waals surface area (Å²) in [7, 11) is 0. The molecular weight excluding hydrogens is 436 g/mol. The van der Waals surface area contributed by atoms with E-state index < -0.39 is 66.2 Å². The number of nitrogens with two attached hydrogens (primary N) is 2. The lowest BCUT2D eigenvalue weighted by Crippen LogP contribution is -2.59. The number of aliphatic carboxylic acids is 1. The van der Waals surface area contributed by atoms with Crippen molar-refractivity contribution in [2.75, 3.05) is 6.54 Å². The Morgan fingerprint density at radius 3 is 1.64 bits per heavy atom. The van der Waals surface area contributed by atoms with E-state index in [4.69, 9.17) is 16.6 Å². The van der Waals surface area contributed by atoms with E-state index in [1.165, 1.54) is 6.92 Å². The standard InChI is InChI=1S/C20H36N6O7/c1-9(2)15(19(32)24-11(5)17(30)23-8-14(28)29)26-20(33)16(10(3)4)25-18(31)12(21)6-7-13(22)27/h9-12,15-16H,6-8,21H2,1-5H3,(H2,22,27)(H,23,30)(H,24,32)(H,25,31)(H,26,33)(H,28,29)/t11-,12-,15-,16-/m0/s1. The molecule has 0 heterocycles. The Morgan fingerprint density at radius 2 is 1.21 bits per heavy atom. The summed E-state index contributed by atoms with van der Waals surface area (Å²) in [5, 5.41) is 18.3. The largest absolute Gasteiger partial charge is 0.480 e. The molecule has 0 bridgehead atoms. The van der Waals surface area contributed by atoms with Gasteiger partial charge < -0.3 is 37.8 Å². The predicted molar refractivity (Wildman–Crippen MR) is 118 cm³/mol. The molecule has 0 aromatic carbocycles. The van der Waals surface area contributed by atoms with Crippen LogP contribution >= 0.6 is 0 Å². The van der Waals surface area contributed by atoms with Crippen molar-refractivity contribution in [3.05, 3.63) is 0 Å². The summed E-state index contributed by atoms with van der Waals surface area (Å²) >= 11 is 0. The highest BCUT2D eigenvalue weighted by molar-refractivity contribution is 5.95. The molecule has 0 rings (SSSR count). The van der Waals surface area contributed by atoms with Crippen molar-refractivity contribution in [3.8, 4) is 0 Å². The molecular formula is C20H36N6O7. The Bertz CT molecular complexity index is 740. The average Bonchev–Trinajstić information content (AvgIpc) is 2.70. The van der Waals surface area contributed by atoms with Crippen molar-refractivity contribution >= 4 is 35.5 Å². The van der Waals surface area contributed by atoms with Crippen molar-refractivity contribution < 1.29 is 33.9 Å². The smallest absolute Gasteiger partial charge is 0.322 e. The van der Waals surface area contributed by atoms with E-state index in [0.29, 0.717) is 0 Å². The van der Waals surface area contributed by atoms with Crippen LogP contribution in [0.1, 0.15) is 47.5 Å². The van der Waals surface area contributed by atoms with Gasteiger partial charge in [0.1, 0.15) is 24.7 Å². The van der Waals surface area contributed by atoms with E-state index in [-0.39, 0.29) is 24.7 Å². The molecule has 33 heavy (non-hydrogen) atoms. The first-order valence-electron chi connectivity index (χ1n) is 10.6. The van der Waals surface area contributed by atoms with Gasteiger partial charge in [0.05, 0.1) is 6.04 Å². The fourth-order valence-electron chi connectivity index (χ4n) is 2.69. The maximum absolute atomic E-state index is 12.9. The highest BCUT2D eigenvalue weighted by Gasteiger charge is 2.32. The van der Waals surface area contributed by atoms with Crippen LogP contribution in [0.5, 0.6) is 0 Å². The predicted octanol–water partition coefficient (Wildman–Crippen LogP) is -2.43. The van der Waals surface area contributed by atoms with E-state index in [1.807, 2.05) is 0 Å². The summed E-state index contributed by atoms with van der Waals surface area (Å²) in [4.78, 5) is 71.2. The first-order valence-corrected chi connectivity index (χ1v) is 10.6. The second-order valence-electron chi connectivity index (χ2n) is 8.41. The van der Waals surface area contributed by atoms with Gasteiger partial charge in [-0.2, -0.15) is 0 Å². The molecule has 0 aliphatic rings. The molecule has 0 spiro atoms. The van der Waals surface area contributed by atoms with E-state index in [1.54, 1.807) is 27.7 Å². The molecule has 0 unspecified atom stereocenters. The molecule has 0 aromatic heterocycles. The molecule has 13 heteroatoms. The Labute approximate surface area is 192 Å². The number of amides is 5. The second kappa shape index (κ2) is 14.0. The van der Waals surface area contributed by atoms with E-state index in [9.17, 15) is 28.8 Å². The molecule has 0 fully saturated rings. The fourth-order valence-corrected chi connectivity index (χ4v) is 2.69. The van der Waals surface area contributed by atoms with Crippen molar-refractivity contribution in [2.24, 2.45) is 23.3 Å². The van der Waals surface area contributed by atoms with Gasteiger partial charge in [0.15, 0.2) is 0 Å². The summed E-state index contributed by atoms with van der Waals surface area (Å²) in [6.07, 6.45) is -0.0621. The minimum atomic E-state index is -1.23. The van der Waals surface area contributed by atoms with Crippen molar-refractivity contribution in [3.63, 3.8) is 0 Å². The Hall–Kier alpha value is -3.22. The summed E-state index contributed by atoms with van der Waals surface area (Å²) < 4.78 is 0. The van der Waals surface area contributed by atoms with Crippen LogP contribution in [0.15, 0.2) is 0 Å². The topological polar surface area (TPSA) is 223 Å². The van der Waals surface area contributed by atoms with Crippen molar-refractivity contribution in [1.29, 1.82) is 0 Å². The van der Waals surface area contributed by atoms with Gasteiger partial charge in [-0.3, -0.25) is 28.8 Å².